The van der Waals surface area contributed by atoms with Gasteiger partial charge in [0.1, 0.15) is 0 Å². The first-order chi connectivity index (χ1) is 20.2. The van der Waals surface area contributed by atoms with Gasteiger partial charge in [0.25, 0.3) is 0 Å². The Hall–Kier alpha value is -4.04. The van der Waals surface area contributed by atoms with Crippen LogP contribution in [0.5, 0.6) is 0 Å². The molecule has 0 heterocycles. The average Bonchev–Trinajstić information content (AvgIpc) is 3.41. The van der Waals surface area contributed by atoms with Crippen LogP contribution in [0, 0.1) is 0 Å². The molecule has 0 aliphatic heterocycles. The van der Waals surface area contributed by atoms with Crippen LogP contribution in [-0.2, 0) is 0 Å². The van der Waals surface area contributed by atoms with Gasteiger partial charge in [-0.25, -0.2) is 9.98 Å². The molecule has 0 saturated heterocycles. The number of allylic oxidation sites excluding steroid dienone is 1. The van der Waals surface area contributed by atoms with Crippen LogP contribution < -0.4 is 10.4 Å². The Balaban J connectivity index is 1.74. The van der Waals surface area contributed by atoms with Crippen molar-refractivity contribution in [3.05, 3.63) is 111 Å². The summed E-state index contributed by atoms with van der Waals surface area (Å²) in [6.45, 7) is 18.1. The maximum absolute atomic E-state index is 5.62. The van der Waals surface area contributed by atoms with Crippen LogP contribution in [0.25, 0.3) is 28.5 Å². The standard InChI is InChI=1S/C40H42N2/c1-23(2)29-15-11-16-30(24(3)4)38(29)41-36-22-28-21-27-13-9-10-14-33(27)34-19-20-35(37(28)34)40(36)42-39-31(25(5)6)17-12-18-32(39)26(7)8/h9-26H,1-8H3. The highest BCUT2D eigenvalue weighted by atomic mass is 14.8. The molecule has 0 aromatic heterocycles. The fourth-order valence-electron chi connectivity index (χ4n) is 6.50. The molecule has 2 heteroatoms. The molecular formula is C40H42N2. The average molecular weight is 551 g/mol. The van der Waals surface area contributed by atoms with E-state index < -0.39 is 0 Å². The summed E-state index contributed by atoms with van der Waals surface area (Å²) in [5, 5.41) is 5.04. The van der Waals surface area contributed by atoms with Crippen molar-refractivity contribution in [2.24, 2.45) is 9.98 Å². The predicted octanol–water partition coefficient (Wildman–Crippen LogP) is 9.85. The minimum atomic E-state index is 0.362. The molecule has 0 unspecified atom stereocenters. The van der Waals surface area contributed by atoms with Gasteiger partial charge in [-0.05, 0) is 84.8 Å². The summed E-state index contributed by atoms with van der Waals surface area (Å²) in [5.41, 5.74) is 11.7. The lowest BCUT2D eigenvalue weighted by atomic mass is 9.90. The molecule has 0 atom stereocenters. The maximum atomic E-state index is 5.62. The van der Waals surface area contributed by atoms with E-state index in [0.717, 1.165) is 22.8 Å². The molecular weight excluding hydrogens is 508 g/mol. The van der Waals surface area contributed by atoms with Crippen molar-refractivity contribution < 1.29 is 0 Å². The number of hydrogen-bond acceptors (Lipinski definition) is 2. The van der Waals surface area contributed by atoms with Crippen LogP contribution in [0.1, 0.15) is 107 Å². The van der Waals surface area contributed by atoms with Gasteiger partial charge in [0.2, 0.25) is 0 Å². The van der Waals surface area contributed by atoms with Crippen LogP contribution in [0.4, 0.5) is 11.4 Å². The molecule has 4 aromatic carbocycles. The van der Waals surface area contributed by atoms with Crippen molar-refractivity contribution >= 4 is 51.3 Å². The fraction of sp³-hybridized carbons (Fsp3) is 0.300. The zero-order valence-corrected chi connectivity index (χ0v) is 26.3. The highest BCUT2D eigenvalue weighted by Crippen LogP contribution is 2.38. The summed E-state index contributed by atoms with van der Waals surface area (Å²) in [4.78, 5) is 11.2. The van der Waals surface area contributed by atoms with Gasteiger partial charge in [0.15, 0.2) is 0 Å². The van der Waals surface area contributed by atoms with Crippen molar-refractivity contribution in [3.63, 3.8) is 0 Å². The van der Waals surface area contributed by atoms with Crippen molar-refractivity contribution in [2.75, 3.05) is 0 Å². The number of nitrogens with zero attached hydrogens (tertiary/aromatic N) is 2. The topological polar surface area (TPSA) is 24.7 Å². The molecule has 4 aromatic rings. The number of fused-ring (bicyclic) bond motifs is 2. The van der Waals surface area contributed by atoms with E-state index in [1.165, 1.54) is 54.6 Å². The van der Waals surface area contributed by atoms with Gasteiger partial charge < -0.3 is 0 Å². The second-order valence-electron chi connectivity index (χ2n) is 13.0. The highest BCUT2D eigenvalue weighted by Gasteiger charge is 2.25. The van der Waals surface area contributed by atoms with E-state index in [-0.39, 0.29) is 0 Å². The Bertz CT molecular complexity index is 1870. The lowest BCUT2D eigenvalue weighted by Gasteiger charge is -2.21. The molecule has 0 bridgehead atoms. The molecule has 0 spiro atoms. The molecule has 6 rings (SSSR count). The summed E-state index contributed by atoms with van der Waals surface area (Å²) < 4.78 is 0. The number of hydrogen-bond donors (Lipinski definition) is 0. The number of aliphatic imine (C=N–C) groups is 2. The number of benzene rings is 4. The maximum Gasteiger partial charge on any atom is 0.0972 e. The third kappa shape index (κ3) is 4.77. The van der Waals surface area contributed by atoms with Gasteiger partial charge in [0.05, 0.1) is 22.8 Å². The second kappa shape index (κ2) is 11.0. The predicted molar refractivity (Wildman–Crippen MR) is 184 cm³/mol. The summed E-state index contributed by atoms with van der Waals surface area (Å²) in [5.74, 6) is 1.45. The molecule has 0 saturated carbocycles. The largest absolute Gasteiger partial charge is 0.246 e. The van der Waals surface area contributed by atoms with Crippen molar-refractivity contribution in [1.29, 1.82) is 0 Å². The third-order valence-corrected chi connectivity index (χ3v) is 8.74. The smallest absolute Gasteiger partial charge is 0.0972 e. The lowest BCUT2D eigenvalue weighted by Crippen LogP contribution is -2.37. The summed E-state index contributed by atoms with van der Waals surface area (Å²) >= 11 is 0. The van der Waals surface area contributed by atoms with E-state index in [1.807, 2.05) is 0 Å². The molecule has 0 N–H and O–H groups in total. The van der Waals surface area contributed by atoms with E-state index in [2.05, 4.69) is 140 Å². The SMILES string of the molecule is CC(C)c1cccc(C(C)C)c1N=C1C=c2cc3ccccc3c3c2=C(C=C3)C1=Nc1c(C(C)C)cccc1C(C)C. The van der Waals surface area contributed by atoms with E-state index in [0.29, 0.717) is 23.7 Å². The van der Waals surface area contributed by atoms with E-state index >= 15 is 0 Å². The lowest BCUT2D eigenvalue weighted by molar-refractivity contribution is 0.834. The zero-order valence-electron chi connectivity index (χ0n) is 26.3. The van der Waals surface area contributed by atoms with Crippen molar-refractivity contribution in [1.82, 2.24) is 0 Å². The van der Waals surface area contributed by atoms with Gasteiger partial charge in [-0.1, -0.05) is 128 Å². The summed E-state index contributed by atoms with van der Waals surface area (Å²) in [6, 6.07) is 24.4. The highest BCUT2D eigenvalue weighted by molar-refractivity contribution is 6.66. The Kier molecular flexibility index (Phi) is 7.35. The van der Waals surface area contributed by atoms with Gasteiger partial charge in [-0.15, -0.1) is 0 Å². The Morgan fingerprint density at radius 3 is 1.62 bits per heavy atom. The molecule has 2 nitrogen and oxygen atoms in total. The molecule has 2 aliphatic carbocycles. The van der Waals surface area contributed by atoms with E-state index in [1.54, 1.807) is 0 Å². The van der Waals surface area contributed by atoms with Gasteiger partial charge in [-0.2, -0.15) is 0 Å². The third-order valence-electron chi connectivity index (χ3n) is 8.74. The minimum Gasteiger partial charge on any atom is -0.246 e. The van der Waals surface area contributed by atoms with Crippen molar-refractivity contribution in [3.8, 4) is 0 Å². The molecule has 212 valence electrons. The first-order valence-corrected chi connectivity index (χ1v) is 15.5. The first-order valence-electron chi connectivity index (χ1n) is 15.5. The zero-order chi connectivity index (χ0) is 29.7. The fourth-order valence-corrected chi connectivity index (χ4v) is 6.50. The van der Waals surface area contributed by atoms with E-state index in [4.69, 9.17) is 9.98 Å². The molecule has 0 fully saturated rings. The monoisotopic (exact) mass is 550 g/mol. The quantitative estimate of drug-likeness (QED) is 0.228. The molecule has 0 radical (unpaired) electrons. The van der Waals surface area contributed by atoms with Crippen LogP contribution in [0.2, 0.25) is 0 Å². The van der Waals surface area contributed by atoms with Gasteiger partial charge in [0, 0.05) is 5.57 Å². The first kappa shape index (κ1) is 28.1. The Morgan fingerprint density at radius 1 is 0.548 bits per heavy atom. The van der Waals surface area contributed by atoms with Crippen LogP contribution >= 0.6 is 0 Å². The van der Waals surface area contributed by atoms with Crippen LogP contribution in [0.3, 0.4) is 0 Å². The Labute approximate surface area is 251 Å². The normalized spacial score (nSPS) is 16.1. The number of rotatable bonds is 6. The van der Waals surface area contributed by atoms with Crippen LogP contribution in [0.15, 0.2) is 82.8 Å². The van der Waals surface area contributed by atoms with Crippen LogP contribution in [-0.4, -0.2) is 11.4 Å². The molecule has 0 amide bonds. The van der Waals surface area contributed by atoms with Gasteiger partial charge >= 0.3 is 0 Å². The molecule has 42 heavy (non-hydrogen) atoms. The second-order valence-corrected chi connectivity index (χ2v) is 13.0. The van der Waals surface area contributed by atoms with Gasteiger partial charge in [-0.3, -0.25) is 0 Å². The minimum absolute atomic E-state index is 0.362. The van der Waals surface area contributed by atoms with Crippen molar-refractivity contribution in [2.45, 2.75) is 79.1 Å². The summed E-state index contributed by atoms with van der Waals surface area (Å²) in [7, 11) is 0. The van der Waals surface area contributed by atoms with E-state index in [9.17, 15) is 0 Å². The molecule has 2 aliphatic rings. The Morgan fingerprint density at radius 2 is 1.07 bits per heavy atom. The number of para-hydroxylation sites is 2. The summed E-state index contributed by atoms with van der Waals surface area (Å²) in [6.07, 6.45) is 6.84.